The molecule has 1 N–H and O–H groups in total. The summed E-state index contributed by atoms with van der Waals surface area (Å²) in [5.41, 5.74) is 1.38. The predicted octanol–water partition coefficient (Wildman–Crippen LogP) is 2.75. The molecule has 0 fully saturated rings. The van der Waals surface area contributed by atoms with Crippen LogP contribution in [0.5, 0.6) is 0 Å². The zero-order chi connectivity index (χ0) is 20.0. The number of aromatic nitrogens is 1. The summed E-state index contributed by atoms with van der Waals surface area (Å²) in [6.07, 6.45) is -0.0160. The van der Waals surface area contributed by atoms with E-state index in [2.05, 4.69) is 15.3 Å². The molecule has 0 saturated heterocycles. The standard InChI is InChI=1S/C18H26N4O4S/c1-11-15(17(23)25-6)7-14(26-11)8-20-18(19-3)22(4)9-13-10-27-16(21-13)12(2)24-5/h7,10,12H,8-9H2,1-6H3,(H,19,20). The first-order chi connectivity index (χ1) is 12.9. The number of aliphatic imine (C=N–C) groups is 1. The molecule has 0 aliphatic carbocycles. The Balaban J connectivity index is 1.96. The highest BCUT2D eigenvalue weighted by Crippen LogP contribution is 2.21. The zero-order valence-corrected chi connectivity index (χ0v) is 17.3. The predicted molar refractivity (Wildman–Crippen MR) is 104 cm³/mol. The Labute approximate surface area is 163 Å². The van der Waals surface area contributed by atoms with Gasteiger partial charge >= 0.3 is 5.97 Å². The van der Waals surface area contributed by atoms with Crippen LogP contribution in [0.1, 0.15) is 45.6 Å². The van der Waals surface area contributed by atoms with Crippen LogP contribution in [0.2, 0.25) is 0 Å². The van der Waals surface area contributed by atoms with Gasteiger partial charge in [0.1, 0.15) is 28.2 Å². The Hall–Kier alpha value is -2.39. The van der Waals surface area contributed by atoms with Crippen molar-refractivity contribution >= 4 is 23.3 Å². The number of rotatable bonds is 7. The normalized spacial score (nSPS) is 12.7. The fourth-order valence-electron chi connectivity index (χ4n) is 2.50. The molecule has 0 bridgehead atoms. The number of guanidine groups is 1. The third-order valence-electron chi connectivity index (χ3n) is 4.04. The minimum absolute atomic E-state index is 0.0160. The smallest absolute Gasteiger partial charge is 0.341 e. The van der Waals surface area contributed by atoms with Crippen LogP contribution in [0.15, 0.2) is 20.9 Å². The minimum atomic E-state index is -0.409. The van der Waals surface area contributed by atoms with Crippen LogP contribution >= 0.6 is 11.3 Å². The molecule has 0 amide bonds. The lowest BCUT2D eigenvalue weighted by molar-refractivity contribution is 0.0599. The SMILES string of the molecule is CN=C(NCc1cc(C(=O)OC)c(C)o1)N(C)Cc1csc(C(C)OC)n1. The van der Waals surface area contributed by atoms with Gasteiger partial charge in [0, 0.05) is 26.6 Å². The number of carbonyl (C=O) groups is 1. The van der Waals surface area contributed by atoms with Crippen molar-refractivity contribution in [2.45, 2.75) is 33.0 Å². The number of esters is 1. The highest BCUT2D eigenvalue weighted by molar-refractivity contribution is 7.09. The number of aryl methyl sites for hydroxylation is 1. The summed E-state index contributed by atoms with van der Waals surface area (Å²) >= 11 is 1.58. The van der Waals surface area contributed by atoms with Gasteiger partial charge in [-0.1, -0.05) is 0 Å². The van der Waals surface area contributed by atoms with Crippen LogP contribution in [0, 0.1) is 6.92 Å². The maximum Gasteiger partial charge on any atom is 0.341 e. The average molecular weight is 394 g/mol. The quantitative estimate of drug-likeness (QED) is 0.439. The molecule has 0 aliphatic heterocycles. The summed E-state index contributed by atoms with van der Waals surface area (Å²) in [5.74, 6) is 1.45. The molecule has 0 radical (unpaired) electrons. The summed E-state index contributed by atoms with van der Waals surface area (Å²) in [5, 5.41) is 6.20. The first kappa shape index (κ1) is 20.9. The largest absolute Gasteiger partial charge is 0.465 e. The molecule has 2 rings (SSSR count). The van der Waals surface area contributed by atoms with Gasteiger partial charge in [-0.05, 0) is 19.9 Å². The molecule has 0 saturated carbocycles. The summed E-state index contributed by atoms with van der Waals surface area (Å²) in [6, 6.07) is 1.68. The van der Waals surface area contributed by atoms with E-state index in [0.717, 1.165) is 10.7 Å². The topological polar surface area (TPSA) is 89.2 Å². The Morgan fingerprint density at radius 1 is 1.48 bits per heavy atom. The fraction of sp³-hybridized carbons (Fsp3) is 0.500. The highest BCUT2D eigenvalue weighted by atomic mass is 32.1. The van der Waals surface area contributed by atoms with Gasteiger partial charge in [0.25, 0.3) is 0 Å². The van der Waals surface area contributed by atoms with Gasteiger partial charge in [0.2, 0.25) is 0 Å². The Morgan fingerprint density at radius 3 is 2.85 bits per heavy atom. The zero-order valence-electron chi connectivity index (χ0n) is 16.5. The van der Waals surface area contributed by atoms with Gasteiger partial charge in [-0.25, -0.2) is 9.78 Å². The third kappa shape index (κ3) is 5.30. The fourth-order valence-corrected chi connectivity index (χ4v) is 3.34. The molecule has 8 nitrogen and oxygen atoms in total. The van der Waals surface area contributed by atoms with Crippen molar-refractivity contribution in [1.29, 1.82) is 0 Å². The maximum absolute atomic E-state index is 11.7. The second-order valence-corrected chi connectivity index (χ2v) is 6.88. The van der Waals surface area contributed by atoms with Crippen molar-refractivity contribution in [2.75, 3.05) is 28.3 Å². The van der Waals surface area contributed by atoms with Gasteiger partial charge in [-0.3, -0.25) is 4.99 Å². The lowest BCUT2D eigenvalue weighted by Gasteiger charge is -2.20. The third-order valence-corrected chi connectivity index (χ3v) is 5.09. The number of thiazole rings is 1. The number of hydrogen-bond acceptors (Lipinski definition) is 7. The first-order valence-electron chi connectivity index (χ1n) is 8.46. The second kappa shape index (κ2) is 9.52. The van der Waals surface area contributed by atoms with Crippen molar-refractivity contribution in [2.24, 2.45) is 4.99 Å². The molecule has 0 aliphatic rings. The summed E-state index contributed by atoms with van der Waals surface area (Å²) in [4.78, 5) is 22.5. The molecule has 0 aromatic carbocycles. The van der Waals surface area contributed by atoms with Crippen LogP contribution < -0.4 is 5.32 Å². The van der Waals surface area contributed by atoms with Gasteiger partial charge in [-0.2, -0.15) is 0 Å². The van der Waals surface area contributed by atoms with Crippen molar-refractivity contribution in [3.05, 3.63) is 39.2 Å². The van der Waals surface area contributed by atoms with E-state index >= 15 is 0 Å². The van der Waals surface area contributed by atoms with Gasteiger partial charge in [-0.15, -0.1) is 11.3 Å². The number of nitrogens with one attached hydrogen (secondary N) is 1. The molecule has 2 aromatic heterocycles. The van der Waals surface area contributed by atoms with Crippen LogP contribution in [0.25, 0.3) is 0 Å². The number of furan rings is 1. The summed E-state index contributed by atoms with van der Waals surface area (Å²) in [6.45, 7) is 4.72. The van der Waals surface area contributed by atoms with Gasteiger partial charge in [0.15, 0.2) is 5.96 Å². The van der Waals surface area contributed by atoms with E-state index in [1.807, 2.05) is 24.3 Å². The number of carbonyl (C=O) groups excluding carboxylic acids is 1. The molecule has 2 aromatic rings. The molecule has 148 valence electrons. The van der Waals surface area contributed by atoms with Crippen molar-refractivity contribution in [1.82, 2.24) is 15.2 Å². The summed E-state index contributed by atoms with van der Waals surface area (Å²) < 4.78 is 15.7. The van der Waals surface area contributed by atoms with Crippen LogP contribution in [0.4, 0.5) is 0 Å². The average Bonchev–Trinajstić information content (AvgIpc) is 3.27. The Kier molecular flexibility index (Phi) is 7.37. The molecule has 0 spiro atoms. The first-order valence-corrected chi connectivity index (χ1v) is 9.34. The molecule has 1 unspecified atom stereocenters. The van der Waals surface area contributed by atoms with Crippen molar-refractivity contribution in [3.8, 4) is 0 Å². The van der Waals surface area contributed by atoms with E-state index in [0.29, 0.717) is 36.1 Å². The molecule has 2 heterocycles. The number of hydrogen-bond donors (Lipinski definition) is 1. The van der Waals surface area contributed by atoms with E-state index in [9.17, 15) is 4.79 Å². The molecular formula is C18H26N4O4S. The Morgan fingerprint density at radius 2 is 2.22 bits per heavy atom. The second-order valence-electron chi connectivity index (χ2n) is 5.99. The molecule has 27 heavy (non-hydrogen) atoms. The maximum atomic E-state index is 11.7. The van der Waals surface area contributed by atoms with Crippen LogP contribution in [-0.2, 0) is 22.6 Å². The van der Waals surface area contributed by atoms with Crippen molar-refractivity contribution < 1.29 is 18.7 Å². The number of nitrogens with zero attached hydrogens (tertiary/aromatic N) is 3. The van der Waals surface area contributed by atoms with E-state index < -0.39 is 5.97 Å². The van der Waals surface area contributed by atoms with Gasteiger partial charge < -0.3 is 24.1 Å². The highest BCUT2D eigenvalue weighted by Gasteiger charge is 2.16. The van der Waals surface area contributed by atoms with Crippen LogP contribution in [0.3, 0.4) is 0 Å². The Bertz CT molecular complexity index is 799. The number of ether oxygens (including phenoxy) is 2. The van der Waals surface area contributed by atoms with Crippen LogP contribution in [-0.4, -0.2) is 50.1 Å². The van der Waals surface area contributed by atoms with E-state index in [1.165, 1.54) is 7.11 Å². The van der Waals surface area contributed by atoms with E-state index in [1.54, 1.807) is 38.5 Å². The molecular weight excluding hydrogens is 368 g/mol. The monoisotopic (exact) mass is 394 g/mol. The summed E-state index contributed by atoms with van der Waals surface area (Å²) in [7, 11) is 6.67. The lowest BCUT2D eigenvalue weighted by atomic mass is 10.2. The van der Waals surface area contributed by atoms with Crippen molar-refractivity contribution in [3.63, 3.8) is 0 Å². The van der Waals surface area contributed by atoms with Gasteiger partial charge in [0.05, 0.1) is 25.9 Å². The lowest BCUT2D eigenvalue weighted by Crippen LogP contribution is -2.38. The molecule has 9 heteroatoms. The van der Waals surface area contributed by atoms with E-state index in [-0.39, 0.29) is 6.10 Å². The minimum Gasteiger partial charge on any atom is -0.465 e. The number of methoxy groups -OCH3 is 2. The van der Waals surface area contributed by atoms with E-state index in [4.69, 9.17) is 13.9 Å². The molecule has 1 atom stereocenters.